The number of aryl methyl sites for hydroxylation is 1. The Morgan fingerprint density at radius 2 is 2.32 bits per heavy atom. The molecular weight excluding hydrogens is 240 g/mol. The number of hydrogen-bond donors (Lipinski definition) is 2. The van der Waals surface area contributed by atoms with Gasteiger partial charge in [-0.1, -0.05) is 6.92 Å². The number of amides is 1. The third-order valence-electron chi connectivity index (χ3n) is 4.29. The summed E-state index contributed by atoms with van der Waals surface area (Å²) < 4.78 is 1.86. The summed E-state index contributed by atoms with van der Waals surface area (Å²) in [4.78, 5) is 12.3. The van der Waals surface area contributed by atoms with E-state index in [1.807, 2.05) is 11.6 Å². The number of aromatic nitrogens is 2. The van der Waals surface area contributed by atoms with Crippen molar-refractivity contribution in [2.75, 3.05) is 6.54 Å². The zero-order chi connectivity index (χ0) is 13.9. The van der Waals surface area contributed by atoms with Gasteiger partial charge in [-0.2, -0.15) is 5.10 Å². The molecule has 5 heteroatoms. The van der Waals surface area contributed by atoms with Crippen molar-refractivity contribution in [3.63, 3.8) is 0 Å². The maximum Gasteiger partial charge on any atom is 0.255 e. The van der Waals surface area contributed by atoms with E-state index in [0.29, 0.717) is 12.1 Å². The highest BCUT2D eigenvalue weighted by Gasteiger charge is 2.37. The number of nitrogens with zero attached hydrogens (tertiary/aromatic N) is 2. The van der Waals surface area contributed by atoms with Gasteiger partial charge < -0.3 is 11.1 Å². The Hall–Kier alpha value is -1.36. The van der Waals surface area contributed by atoms with Crippen LogP contribution in [0.25, 0.3) is 0 Å². The highest BCUT2D eigenvalue weighted by molar-refractivity contribution is 5.95. The number of hydrogen-bond acceptors (Lipinski definition) is 3. The second kappa shape index (κ2) is 5.74. The summed E-state index contributed by atoms with van der Waals surface area (Å²) in [6, 6.07) is 0. The Morgan fingerprint density at radius 1 is 1.58 bits per heavy atom. The molecule has 1 amide bonds. The van der Waals surface area contributed by atoms with Gasteiger partial charge in [0.1, 0.15) is 0 Å². The molecule has 0 radical (unpaired) electrons. The molecule has 0 unspecified atom stereocenters. The van der Waals surface area contributed by atoms with Crippen molar-refractivity contribution in [2.24, 2.45) is 5.73 Å². The maximum absolute atomic E-state index is 12.3. The number of carbonyl (C=O) groups is 1. The Balaban J connectivity index is 2.05. The average Bonchev–Trinajstić information content (AvgIpc) is 2.72. The molecule has 1 aliphatic rings. The van der Waals surface area contributed by atoms with E-state index in [0.717, 1.165) is 37.9 Å². The Kier molecular flexibility index (Phi) is 4.24. The van der Waals surface area contributed by atoms with Gasteiger partial charge in [-0.15, -0.1) is 0 Å². The zero-order valence-electron chi connectivity index (χ0n) is 11.9. The first-order chi connectivity index (χ1) is 9.12. The number of nitrogens with two attached hydrogens (primary N) is 1. The lowest BCUT2D eigenvalue weighted by atomic mass is 9.74. The topological polar surface area (TPSA) is 72.9 Å². The second-order valence-electron chi connectivity index (χ2n) is 5.45. The van der Waals surface area contributed by atoms with Crippen molar-refractivity contribution in [2.45, 2.75) is 58.0 Å². The number of nitrogens with one attached hydrogen (secondary N) is 1. The minimum atomic E-state index is 0.0121. The van der Waals surface area contributed by atoms with E-state index in [1.54, 1.807) is 6.20 Å². The standard InChI is InChI=1S/C14H24N4O/c1-3-14(6-4-7-14)17-13(19)12-10-16-18(11(12)2)9-5-8-15/h10H,3-9,15H2,1-2H3,(H,17,19). The zero-order valence-corrected chi connectivity index (χ0v) is 11.9. The normalized spacial score (nSPS) is 17.0. The van der Waals surface area contributed by atoms with Crippen LogP contribution in [0.2, 0.25) is 0 Å². The van der Waals surface area contributed by atoms with Gasteiger partial charge in [-0.25, -0.2) is 0 Å². The van der Waals surface area contributed by atoms with Gasteiger partial charge >= 0.3 is 0 Å². The lowest BCUT2D eigenvalue weighted by molar-refractivity contribution is 0.0819. The molecule has 0 aromatic carbocycles. The van der Waals surface area contributed by atoms with Gasteiger partial charge in [0.2, 0.25) is 0 Å². The molecule has 2 rings (SSSR count). The van der Waals surface area contributed by atoms with Crippen molar-refractivity contribution < 1.29 is 4.79 Å². The summed E-state index contributed by atoms with van der Waals surface area (Å²) in [6.07, 6.45) is 6.94. The average molecular weight is 264 g/mol. The van der Waals surface area contributed by atoms with Crippen molar-refractivity contribution in [1.29, 1.82) is 0 Å². The third-order valence-corrected chi connectivity index (χ3v) is 4.29. The van der Waals surface area contributed by atoms with E-state index >= 15 is 0 Å². The fourth-order valence-corrected chi connectivity index (χ4v) is 2.61. The van der Waals surface area contributed by atoms with Gasteiger partial charge in [0.05, 0.1) is 11.8 Å². The summed E-state index contributed by atoms with van der Waals surface area (Å²) in [5, 5.41) is 7.46. The molecule has 19 heavy (non-hydrogen) atoms. The van der Waals surface area contributed by atoms with E-state index in [4.69, 9.17) is 5.73 Å². The first-order valence-corrected chi connectivity index (χ1v) is 7.17. The molecule has 1 saturated carbocycles. The Labute approximate surface area is 114 Å². The number of rotatable bonds is 6. The molecular formula is C14H24N4O. The molecule has 0 atom stereocenters. The summed E-state index contributed by atoms with van der Waals surface area (Å²) >= 11 is 0. The monoisotopic (exact) mass is 264 g/mol. The van der Waals surface area contributed by atoms with Crippen LogP contribution in [-0.2, 0) is 6.54 Å². The quantitative estimate of drug-likeness (QED) is 0.819. The molecule has 3 N–H and O–H groups in total. The summed E-state index contributed by atoms with van der Waals surface area (Å²) in [5.74, 6) is 0.0121. The molecule has 1 heterocycles. The first kappa shape index (κ1) is 14.1. The SMILES string of the molecule is CCC1(NC(=O)c2cnn(CCCN)c2C)CCC1. The van der Waals surface area contributed by atoms with E-state index < -0.39 is 0 Å². The predicted molar refractivity (Wildman–Crippen MR) is 75.0 cm³/mol. The number of carbonyl (C=O) groups excluding carboxylic acids is 1. The Morgan fingerprint density at radius 3 is 2.84 bits per heavy atom. The second-order valence-corrected chi connectivity index (χ2v) is 5.45. The largest absolute Gasteiger partial charge is 0.347 e. The van der Waals surface area contributed by atoms with Crippen LogP contribution in [0.5, 0.6) is 0 Å². The molecule has 1 fully saturated rings. The molecule has 106 valence electrons. The van der Waals surface area contributed by atoms with Crippen molar-refractivity contribution in [3.8, 4) is 0 Å². The van der Waals surface area contributed by atoms with Crippen LogP contribution in [0.15, 0.2) is 6.20 Å². The molecule has 1 aliphatic carbocycles. The van der Waals surface area contributed by atoms with Crippen molar-refractivity contribution in [1.82, 2.24) is 15.1 Å². The van der Waals surface area contributed by atoms with E-state index in [2.05, 4.69) is 17.3 Å². The summed E-state index contributed by atoms with van der Waals surface area (Å²) in [7, 11) is 0. The van der Waals surface area contributed by atoms with Crippen LogP contribution in [-0.4, -0.2) is 27.8 Å². The van der Waals surface area contributed by atoms with Gasteiger partial charge in [-0.05, 0) is 45.6 Å². The molecule has 0 saturated heterocycles. The minimum absolute atomic E-state index is 0.0121. The van der Waals surface area contributed by atoms with Crippen LogP contribution in [0.4, 0.5) is 0 Å². The van der Waals surface area contributed by atoms with Gasteiger partial charge in [-0.3, -0.25) is 9.48 Å². The minimum Gasteiger partial charge on any atom is -0.347 e. The molecule has 1 aromatic heterocycles. The van der Waals surface area contributed by atoms with E-state index in [1.165, 1.54) is 6.42 Å². The molecule has 5 nitrogen and oxygen atoms in total. The van der Waals surface area contributed by atoms with Crippen LogP contribution in [0, 0.1) is 6.92 Å². The Bertz CT molecular complexity index is 443. The first-order valence-electron chi connectivity index (χ1n) is 7.17. The van der Waals surface area contributed by atoms with E-state index in [-0.39, 0.29) is 11.4 Å². The molecule has 0 aliphatic heterocycles. The lowest BCUT2D eigenvalue weighted by Gasteiger charge is -2.42. The van der Waals surface area contributed by atoms with Crippen LogP contribution < -0.4 is 11.1 Å². The predicted octanol–water partition coefficient (Wildman–Crippen LogP) is 1.60. The van der Waals surface area contributed by atoms with Crippen LogP contribution >= 0.6 is 0 Å². The fourth-order valence-electron chi connectivity index (χ4n) is 2.61. The third kappa shape index (κ3) is 2.81. The molecule has 0 spiro atoms. The smallest absolute Gasteiger partial charge is 0.255 e. The fraction of sp³-hybridized carbons (Fsp3) is 0.714. The van der Waals surface area contributed by atoms with Gasteiger partial charge in [0.15, 0.2) is 0 Å². The lowest BCUT2D eigenvalue weighted by Crippen LogP contribution is -2.53. The van der Waals surface area contributed by atoms with Crippen molar-refractivity contribution in [3.05, 3.63) is 17.5 Å². The maximum atomic E-state index is 12.3. The highest BCUT2D eigenvalue weighted by Crippen LogP contribution is 2.34. The summed E-state index contributed by atoms with van der Waals surface area (Å²) in [5.41, 5.74) is 7.15. The van der Waals surface area contributed by atoms with Crippen molar-refractivity contribution >= 4 is 5.91 Å². The van der Waals surface area contributed by atoms with Crippen LogP contribution in [0.1, 0.15) is 55.1 Å². The highest BCUT2D eigenvalue weighted by atomic mass is 16.1. The molecule has 1 aromatic rings. The van der Waals surface area contributed by atoms with Gasteiger partial charge in [0, 0.05) is 17.8 Å². The van der Waals surface area contributed by atoms with E-state index in [9.17, 15) is 4.79 Å². The molecule has 0 bridgehead atoms. The van der Waals surface area contributed by atoms with Crippen LogP contribution in [0.3, 0.4) is 0 Å². The summed E-state index contributed by atoms with van der Waals surface area (Å²) in [6.45, 7) is 5.49. The van der Waals surface area contributed by atoms with Gasteiger partial charge in [0.25, 0.3) is 5.91 Å².